The Morgan fingerprint density at radius 3 is 2.86 bits per heavy atom. The molecule has 1 saturated carbocycles. The van der Waals surface area contributed by atoms with Gasteiger partial charge in [0.2, 0.25) is 5.95 Å². The van der Waals surface area contributed by atoms with E-state index in [1.165, 1.54) is 6.42 Å². The summed E-state index contributed by atoms with van der Waals surface area (Å²) in [5.41, 5.74) is 1.33. The highest BCUT2D eigenvalue weighted by Crippen LogP contribution is 2.45. The summed E-state index contributed by atoms with van der Waals surface area (Å²) in [7, 11) is 0. The summed E-state index contributed by atoms with van der Waals surface area (Å²) in [6.07, 6.45) is 8.53. The molecule has 4 rings (SSSR count). The molecule has 0 radical (unpaired) electrons. The van der Waals surface area contributed by atoms with Gasteiger partial charge in [0, 0.05) is 43.7 Å². The molecule has 2 fully saturated rings. The maximum absolute atomic E-state index is 11.4. The first kappa shape index (κ1) is 13.4. The fraction of sp³-hybridized carbons (Fsp3) is 0.500. The minimum atomic E-state index is 0.487. The van der Waals surface area contributed by atoms with Crippen LogP contribution in [0.1, 0.15) is 35.2 Å². The highest BCUT2D eigenvalue weighted by atomic mass is 16.1. The molecular weight excluding hydrogens is 278 g/mol. The summed E-state index contributed by atoms with van der Waals surface area (Å²) in [6, 6.07) is 0. The lowest BCUT2D eigenvalue weighted by Gasteiger charge is -2.18. The van der Waals surface area contributed by atoms with E-state index in [4.69, 9.17) is 0 Å². The number of carbonyl (C=O) groups is 1. The van der Waals surface area contributed by atoms with Crippen LogP contribution in [0.2, 0.25) is 0 Å². The van der Waals surface area contributed by atoms with Crippen LogP contribution in [-0.2, 0) is 13.0 Å². The van der Waals surface area contributed by atoms with E-state index in [-0.39, 0.29) is 0 Å². The van der Waals surface area contributed by atoms with Gasteiger partial charge in [0.1, 0.15) is 11.5 Å². The first-order chi connectivity index (χ1) is 10.8. The fourth-order valence-corrected chi connectivity index (χ4v) is 3.33. The third-order valence-electron chi connectivity index (χ3n) is 4.72. The zero-order valence-electron chi connectivity index (χ0n) is 12.6. The van der Waals surface area contributed by atoms with Crippen LogP contribution in [-0.4, -0.2) is 38.9 Å². The minimum absolute atomic E-state index is 0.487. The van der Waals surface area contributed by atoms with Gasteiger partial charge in [0.25, 0.3) is 0 Å². The molecule has 0 spiro atoms. The van der Waals surface area contributed by atoms with E-state index in [0.29, 0.717) is 18.2 Å². The Morgan fingerprint density at radius 2 is 2.14 bits per heavy atom. The molecule has 2 aromatic heterocycles. The van der Waals surface area contributed by atoms with Crippen molar-refractivity contribution in [1.82, 2.24) is 19.5 Å². The van der Waals surface area contributed by atoms with E-state index >= 15 is 0 Å². The molecule has 0 bridgehead atoms. The molecule has 0 aromatic carbocycles. The van der Waals surface area contributed by atoms with Gasteiger partial charge in [-0.15, -0.1) is 0 Å². The number of hydrogen-bond donors (Lipinski definition) is 0. The molecule has 22 heavy (non-hydrogen) atoms. The average Bonchev–Trinajstić information content (AvgIpc) is 2.97. The number of aryl methyl sites for hydroxylation is 1. The van der Waals surface area contributed by atoms with Gasteiger partial charge in [-0.05, 0) is 18.3 Å². The number of aromatic nitrogens is 4. The van der Waals surface area contributed by atoms with E-state index in [1.54, 1.807) is 12.4 Å². The van der Waals surface area contributed by atoms with Gasteiger partial charge in [0.05, 0.1) is 6.54 Å². The number of imidazole rings is 1. The van der Waals surface area contributed by atoms with Gasteiger partial charge >= 0.3 is 0 Å². The minimum Gasteiger partial charge on any atom is -0.340 e. The highest BCUT2D eigenvalue weighted by Gasteiger charge is 2.45. The Bertz CT molecular complexity index is 700. The van der Waals surface area contributed by atoms with Crippen LogP contribution in [0.4, 0.5) is 5.95 Å². The molecule has 3 heterocycles. The van der Waals surface area contributed by atoms with Crippen molar-refractivity contribution in [2.75, 3.05) is 18.0 Å². The topological polar surface area (TPSA) is 63.9 Å². The summed E-state index contributed by atoms with van der Waals surface area (Å²) < 4.78 is 2.04. The van der Waals surface area contributed by atoms with Crippen molar-refractivity contribution in [3.8, 4) is 0 Å². The van der Waals surface area contributed by atoms with Crippen molar-refractivity contribution >= 4 is 12.2 Å². The first-order valence-electron chi connectivity index (χ1n) is 7.84. The molecule has 1 saturated heterocycles. The van der Waals surface area contributed by atoms with Crippen molar-refractivity contribution in [2.45, 2.75) is 26.3 Å². The summed E-state index contributed by atoms with van der Waals surface area (Å²) in [6.45, 7) is 4.72. The maximum Gasteiger partial charge on any atom is 0.225 e. The summed E-state index contributed by atoms with van der Waals surface area (Å²) in [5.74, 6) is 3.34. The second-order valence-corrected chi connectivity index (χ2v) is 6.18. The highest BCUT2D eigenvalue weighted by molar-refractivity contribution is 5.74. The molecular formula is C16H19N5O. The van der Waals surface area contributed by atoms with Crippen LogP contribution in [0.25, 0.3) is 0 Å². The lowest BCUT2D eigenvalue weighted by molar-refractivity contribution is 0.111. The SMILES string of the molecule is CCc1nccn1Cc1cnc(N2CC3CC3C2)nc1C=O. The van der Waals surface area contributed by atoms with Gasteiger partial charge < -0.3 is 9.47 Å². The van der Waals surface area contributed by atoms with Crippen molar-refractivity contribution in [1.29, 1.82) is 0 Å². The standard InChI is InChI=1S/C16H19N5O/c1-2-15-17-3-4-20(15)9-13-6-18-16(19-14(13)10-22)21-7-11-5-12(11)8-21/h3-4,6,10-12H,2,5,7-9H2,1H3. The van der Waals surface area contributed by atoms with Gasteiger partial charge in [-0.1, -0.05) is 6.92 Å². The molecule has 6 heteroatoms. The number of piperidine rings is 1. The van der Waals surface area contributed by atoms with E-state index < -0.39 is 0 Å². The van der Waals surface area contributed by atoms with Gasteiger partial charge in [0.15, 0.2) is 6.29 Å². The number of fused-ring (bicyclic) bond motifs is 1. The molecule has 1 aliphatic carbocycles. The Labute approximate surface area is 129 Å². The van der Waals surface area contributed by atoms with Crippen molar-refractivity contribution < 1.29 is 4.79 Å². The molecule has 0 N–H and O–H groups in total. The van der Waals surface area contributed by atoms with Crippen molar-refractivity contribution in [3.63, 3.8) is 0 Å². The summed E-state index contributed by atoms with van der Waals surface area (Å²) in [4.78, 5) is 26.9. The van der Waals surface area contributed by atoms with Crippen LogP contribution < -0.4 is 4.90 Å². The molecule has 2 aromatic rings. The number of aldehydes is 1. The normalized spacial score (nSPS) is 22.7. The third kappa shape index (κ3) is 2.28. The Morgan fingerprint density at radius 1 is 1.32 bits per heavy atom. The number of nitrogens with zero attached hydrogens (tertiary/aromatic N) is 5. The monoisotopic (exact) mass is 297 g/mol. The molecule has 2 atom stereocenters. The van der Waals surface area contributed by atoms with Crippen LogP contribution in [0.15, 0.2) is 18.6 Å². The Hall–Kier alpha value is -2.24. The van der Waals surface area contributed by atoms with Crippen LogP contribution >= 0.6 is 0 Å². The second kappa shape index (κ2) is 5.19. The quantitative estimate of drug-likeness (QED) is 0.784. The Balaban J connectivity index is 1.58. The zero-order valence-corrected chi connectivity index (χ0v) is 12.6. The van der Waals surface area contributed by atoms with Crippen molar-refractivity contribution in [3.05, 3.63) is 35.7 Å². The number of rotatable bonds is 5. The predicted octanol–water partition coefficient (Wildman–Crippen LogP) is 1.55. The first-order valence-corrected chi connectivity index (χ1v) is 7.84. The van der Waals surface area contributed by atoms with Crippen LogP contribution in [0.3, 0.4) is 0 Å². The van der Waals surface area contributed by atoms with Gasteiger partial charge in [-0.3, -0.25) is 4.79 Å². The van der Waals surface area contributed by atoms with Gasteiger partial charge in [-0.25, -0.2) is 15.0 Å². The number of anilines is 1. The molecule has 0 amide bonds. The number of carbonyl (C=O) groups excluding carboxylic acids is 1. The predicted molar refractivity (Wildman–Crippen MR) is 81.9 cm³/mol. The summed E-state index contributed by atoms with van der Waals surface area (Å²) >= 11 is 0. The molecule has 1 aliphatic heterocycles. The largest absolute Gasteiger partial charge is 0.340 e. The van der Waals surface area contributed by atoms with E-state index in [2.05, 4.69) is 26.8 Å². The number of hydrogen-bond acceptors (Lipinski definition) is 5. The molecule has 2 unspecified atom stereocenters. The van der Waals surface area contributed by atoms with E-state index in [0.717, 1.165) is 49.0 Å². The van der Waals surface area contributed by atoms with E-state index in [1.807, 2.05) is 10.8 Å². The smallest absolute Gasteiger partial charge is 0.225 e. The van der Waals surface area contributed by atoms with Crippen LogP contribution in [0, 0.1) is 11.8 Å². The van der Waals surface area contributed by atoms with Gasteiger partial charge in [-0.2, -0.15) is 0 Å². The molecule has 6 nitrogen and oxygen atoms in total. The zero-order chi connectivity index (χ0) is 15.1. The fourth-order valence-electron chi connectivity index (χ4n) is 3.33. The average molecular weight is 297 g/mol. The maximum atomic E-state index is 11.4. The summed E-state index contributed by atoms with van der Waals surface area (Å²) in [5, 5.41) is 0. The van der Waals surface area contributed by atoms with E-state index in [9.17, 15) is 4.79 Å². The van der Waals surface area contributed by atoms with Crippen LogP contribution in [0.5, 0.6) is 0 Å². The second-order valence-electron chi connectivity index (χ2n) is 6.18. The molecule has 2 aliphatic rings. The molecule has 114 valence electrons. The third-order valence-corrected chi connectivity index (χ3v) is 4.72. The Kier molecular flexibility index (Phi) is 3.17. The van der Waals surface area contributed by atoms with Crippen molar-refractivity contribution in [2.24, 2.45) is 11.8 Å². The lowest BCUT2D eigenvalue weighted by Crippen LogP contribution is -2.25. The lowest BCUT2D eigenvalue weighted by atomic mass is 10.2.